The Balaban J connectivity index is 1.92. The molecule has 0 radical (unpaired) electrons. The molecule has 0 bridgehead atoms. The standard InChI is InChI=1S/C15H20ClFO/c1-10-3-7-13(8-4-10)18-9-12-6-5-11(2)14(16)15(12)17/h5-6,10,13H,3-4,7-9H2,1-2H3. The summed E-state index contributed by atoms with van der Waals surface area (Å²) in [5.74, 6) is 0.469. The minimum atomic E-state index is -0.333. The summed E-state index contributed by atoms with van der Waals surface area (Å²) in [6.45, 7) is 4.40. The Labute approximate surface area is 113 Å². The van der Waals surface area contributed by atoms with Crippen molar-refractivity contribution in [1.82, 2.24) is 0 Å². The average molecular weight is 271 g/mol. The van der Waals surface area contributed by atoms with Crippen LogP contribution >= 0.6 is 11.6 Å². The van der Waals surface area contributed by atoms with Crippen LogP contribution < -0.4 is 0 Å². The maximum Gasteiger partial charge on any atom is 0.147 e. The van der Waals surface area contributed by atoms with Gasteiger partial charge >= 0.3 is 0 Å². The molecule has 0 N–H and O–H groups in total. The second kappa shape index (κ2) is 6.03. The van der Waals surface area contributed by atoms with Gasteiger partial charge in [0.05, 0.1) is 17.7 Å². The molecule has 2 rings (SSSR count). The highest BCUT2D eigenvalue weighted by Gasteiger charge is 2.19. The van der Waals surface area contributed by atoms with Gasteiger partial charge in [0.2, 0.25) is 0 Å². The molecular weight excluding hydrogens is 251 g/mol. The summed E-state index contributed by atoms with van der Waals surface area (Å²) in [4.78, 5) is 0. The van der Waals surface area contributed by atoms with E-state index in [4.69, 9.17) is 16.3 Å². The largest absolute Gasteiger partial charge is 0.373 e. The number of halogens is 2. The van der Waals surface area contributed by atoms with Crippen LogP contribution in [0.15, 0.2) is 12.1 Å². The maximum absolute atomic E-state index is 13.9. The summed E-state index contributed by atoms with van der Waals surface area (Å²) < 4.78 is 19.7. The van der Waals surface area contributed by atoms with Crippen LogP contribution in [-0.2, 0) is 11.3 Å². The van der Waals surface area contributed by atoms with Gasteiger partial charge in [-0.15, -0.1) is 0 Å². The molecule has 1 aliphatic rings. The molecule has 0 unspecified atom stereocenters. The first-order chi connectivity index (χ1) is 8.58. The Morgan fingerprint density at radius 2 is 1.94 bits per heavy atom. The third-order valence-corrected chi connectivity index (χ3v) is 4.26. The van der Waals surface area contributed by atoms with E-state index in [2.05, 4.69) is 6.92 Å². The lowest BCUT2D eigenvalue weighted by Gasteiger charge is -2.26. The number of benzene rings is 1. The number of hydrogen-bond donors (Lipinski definition) is 0. The van der Waals surface area contributed by atoms with E-state index in [9.17, 15) is 4.39 Å². The molecule has 0 atom stereocenters. The fraction of sp³-hybridized carbons (Fsp3) is 0.600. The van der Waals surface area contributed by atoms with Gasteiger partial charge in [-0.3, -0.25) is 0 Å². The van der Waals surface area contributed by atoms with E-state index in [1.807, 2.05) is 6.07 Å². The van der Waals surface area contributed by atoms with E-state index in [0.717, 1.165) is 24.3 Å². The first kappa shape index (κ1) is 13.8. The minimum absolute atomic E-state index is 0.216. The molecule has 0 aliphatic heterocycles. The first-order valence-corrected chi connectivity index (χ1v) is 7.00. The van der Waals surface area contributed by atoms with Crippen molar-refractivity contribution >= 4 is 11.6 Å². The van der Waals surface area contributed by atoms with Crippen LogP contribution in [0, 0.1) is 18.7 Å². The summed E-state index contributed by atoms with van der Waals surface area (Å²) >= 11 is 5.89. The van der Waals surface area contributed by atoms with Gasteiger partial charge in [0.25, 0.3) is 0 Å². The van der Waals surface area contributed by atoms with Gasteiger partial charge in [-0.25, -0.2) is 4.39 Å². The molecule has 1 aromatic rings. The monoisotopic (exact) mass is 270 g/mol. The Kier molecular flexibility index (Phi) is 4.63. The lowest BCUT2D eigenvalue weighted by atomic mass is 9.89. The minimum Gasteiger partial charge on any atom is -0.373 e. The molecule has 3 heteroatoms. The van der Waals surface area contributed by atoms with Crippen LogP contribution in [0.25, 0.3) is 0 Å². The molecule has 1 nitrogen and oxygen atoms in total. The average Bonchev–Trinajstić information content (AvgIpc) is 2.37. The smallest absolute Gasteiger partial charge is 0.147 e. The fourth-order valence-electron chi connectivity index (χ4n) is 2.40. The zero-order chi connectivity index (χ0) is 13.1. The van der Waals surface area contributed by atoms with E-state index >= 15 is 0 Å². The second-order valence-electron chi connectivity index (χ2n) is 5.36. The zero-order valence-electron chi connectivity index (χ0n) is 11.0. The molecule has 1 saturated carbocycles. The van der Waals surface area contributed by atoms with Crippen molar-refractivity contribution in [1.29, 1.82) is 0 Å². The summed E-state index contributed by atoms with van der Waals surface area (Å²) in [6, 6.07) is 3.61. The van der Waals surface area contributed by atoms with Crippen molar-refractivity contribution in [3.05, 3.63) is 34.1 Å². The van der Waals surface area contributed by atoms with Gasteiger partial charge in [0.1, 0.15) is 5.82 Å². The predicted molar refractivity (Wildman–Crippen MR) is 72.4 cm³/mol. The van der Waals surface area contributed by atoms with Gasteiger partial charge in [0, 0.05) is 5.56 Å². The van der Waals surface area contributed by atoms with Crippen LogP contribution in [-0.4, -0.2) is 6.10 Å². The van der Waals surface area contributed by atoms with Crippen LogP contribution in [0.1, 0.15) is 43.7 Å². The molecule has 1 aliphatic carbocycles. The van der Waals surface area contributed by atoms with Crippen LogP contribution in [0.3, 0.4) is 0 Å². The van der Waals surface area contributed by atoms with E-state index in [1.165, 1.54) is 12.8 Å². The quantitative estimate of drug-likeness (QED) is 0.760. The maximum atomic E-state index is 13.9. The molecule has 1 fully saturated rings. The van der Waals surface area contributed by atoms with Gasteiger partial charge in [-0.2, -0.15) is 0 Å². The Hall–Kier alpha value is -0.600. The van der Waals surface area contributed by atoms with E-state index in [0.29, 0.717) is 12.2 Å². The lowest BCUT2D eigenvalue weighted by Crippen LogP contribution is -2.20. The normalized spacial score (nSPS) is 24.2. The van der Waals surface area contributed by atoms with Crippen LogP contribution in [0.5, 0.6) is 0 Å². The SMILES string of the molecule is Cc1ccc(COC2CCC(C)CC2)c(F)c1Cl. The topological polar surface area (TPSA) is 9.23 Å². The third-order valence-electron chi connectivity index (χ3n) is 3.79. The second-order valence-corrected chi connectivity index (χ2v) is 5.74. The highest BCUT2D eigenvalue weighted by molar-refractivity contribution is 6.31. The molecule has 0 spiro atoms. The Morgan fingerprint density at radius 1 is 1.28 bits per heavy atom. The summed E-state index contributed by atoms with van der Waals surface area (Å²) in [5.41, 5.74) is 1.33. The zero-order valence-corrected chi connectivity index (χ0v) is 11.8. The van der Waals surface area contributed by atoms with Crippen LogP contribution in [0.4, 0.5) is 4.39 Å². The molecule has 0 saturated heterocycles. The lowest BCUT2D eigenvalue weighted by molar-refractivity contribution is 0.00759. The number of aryl methyl sites for hydroxylation is 1. The summed E-state index contributed by atoms with van der Waals surface area (Å²) in [6.07, 6.45) is 4.87. The van der Waals surface area contributed by atoms with Crippen molar-refractivity contribution < 1.29 is 9.13 Å². The van der Waals surface area contributed by atoms with Gasteiger partial charge in [0.15, 0.2) is 0 Å². The highest BCUT2D eigenvalue weighted by atomic mass is 35.5. The molecular formula is C15H20ClFO. The fourth-order valence-corrected chi connectivity index (χ4v) is 2.59. The molecule has 18 heavy (non-hydrogen) atoms. The third kappa shape index (κ3) is 3.24. The van der Waals surface area contributed by atoms with Crippen molar-refractivity contribution in [2.75, 3.05) is 0 Å². The van der Waals surface area contributed by atoms with Crippen molar-refractivity contribution in [3.8, 4) is 0 Å². The Bertz CT molecular complexity index is 411. The van der Waals surface area contributed by atoms with Gasteiger partial charge in [-0.1, -0.05) is 30.7 Å². The number of rotatable bonds is 3. The first-order valence-electron chi connectivity index (χ1n) is 6.63. The molecule has 1 aromatic carbocycles. The van der Waals surface area contributed by atoms with Crippen LogP contribution in [0.2, 0.25) is 5.02 Å². The molecule has 0 amide bonds. The molecule has 0 aromatic heterocycles. The van der Waals surface area contributed by atoms with E-state index in [-0.39, 0.29) is 16.9 Å². The number of hydrogen-bond acceptors (Lipinski definition) is 1. The van der Waals surface area contributed by atoms with Gasteiger partial charge in [-0.05, 0) is 44.1 Å². The molecule has 100 valence electrons. The Morgan fingerprint density at radius 3 is 2.61 bits per heavy atom. The predicted octanol–water partition coefficient (Wildman–Crippen LogP) is 4.88. The number of ether oxygens (including phenoxy) is 1. The van der Waals surface area contributed by atoms with Crippen molar-refractivity contribution in [2.24, 2.45) is 5.92 Å². The summed E-state index contributed by atoms with van der Waals surface area (Å²) in [7, 11) is 0. The summed E-state index contributed by atoms with van der Waals surface area (Å²) in [5, 5.41) is 0.216. The van der Waals surface area contributed by atoms with E-state index < -0.39 is 0 Å². The van der Waals surface area contributed by atoms with Gasteiger partial charge < -0.3 is 4.74 Å². The van der Waals surface area contributed by atoms with Crippen molar-refractivity contribution in [3.63, 3.8) is 0 Å². The van der Waals surface area contributed by atoms with Crippen molar-refractivity contribution in [2.45, 2.75) is 52.2 Å². The van der Waals surface area contributed by atoms with E-state index in [1.54, 1.807) is 13.0 Å². The highest BCUT2D eigenvalue weighted by Crippen LogP contribution is 2.27. The molecule has 0 heterocycles.